The molecule has 3 N–H and O–H groups in total. The molecule has 0 radical (unpaired) electrons. The van der Waals surface area contributed by atoms with Gasteiger partial charge in [-0.1, -0.05) is 65.5 Å². The molecule has 7 heteroatoms. The number of amides is 3. The topological polar surface area (TPSA) is 98.7 Å². The third-order valence-electron chi connectivity index (χ3n) is 7.41. The van der Waals surface area contributed by atoms with Crippen LogP contribution in [0, 0.1) is 29.6 Å². The lowest BCUT2D eigenvalue weighted by Crippen LogP contribution is -2.54. The minimum Gasteiger partial charge on any atom is -0.394 e. The molecule has 2 aliphatic rings. The van der Waals surface area contributed by atoms with Crippen molar-refractivity contribution in [3.8, 4) is 0 Å². The summed E-state index contributed by atoms with van der Waals surface area (Å²) in [6.45, 7) is 8.56. The molecular formula is C25H43N3O4. The number of aliphatic hydroxyl groups is 1. The maximum absolute atomic E-state index is 13.9. The standard InChI is InChI=1S/C25H43N3O4/c1-6-9-10-14-27-24(31)22-18-13-12-17(11-7-2)20(23(30)26-5)21(18)25(32)28(22)19(15-29)16(4)8-3/h12-13,16-22,29H,6-11,14-15H2,1-5H3,(H,26,30)(H,27,31)/t16-,17+,18-,19-,20+,21-,22-/m0/s1. The van der Waals surface area contributed by atoms with E-state index in [1.807, 2.05) is 26.0 Å². The van der Waals surface area contributed by atoms with E-state index < -0.39 is 23.9 Å². The third-order valence-corrected chi connectivity index (χ3v) is 7.41. The Hall–Kier alpha value is -1.89. The number of aliphatic hydroxyl groups excluding tert-OH is 1. The molecule has 0 saturated carbocycles. The first-order chi connectivity index (χ1) is 15.4. The smallest absolute Gasteiger partial charge is 0.243 e. The van der Waals surface area contributed by atoms with Gasteiger partial charge in [0, 0.05) is 19.5 Å². The number of nitrogens with zero attached hydrogens (tertiary/aromatic N) is 1. The number of hydrogen-bond acceptors (Lipinski definition) is 4. The molecule has 0 bridgehead atoms. The van der Waals surface area contributed by atoms with Crippen molar-refractivity contribution < 1.29 is 19.5 Å². The second kappa shape index (κ2) is 12.4. The Balaban J connectivity index is 2.47. The van der Waals surface area contributed by atoms with E-state index in [4.69, 9.17) is 0 Å². The SMILES string of the molecule is CCCCCNC(=O)[C@@H]1[C@H]2C=C[C@@H](CCC)[C@@H](C(=O)NC)[C@H]2C(=O)N1[C@@H](CO)[C@@H](C)CC. The predicted octanol–water partition coefficient (Wildman–Crippen LogP) is 2.49. The molecule has 1 saturated heterocycles. The molecule has 0 spiro atoms. The van der Waals surface area contributed by atoms with Gasteiger partial charge in [0.05, 0.1) is 24.5 Å². The fraction of sp³-hybridized carbons (Fsp3) is 0.800. The zero-order chi connectivity index (χ0) is 23.8. The van der Waals surface area contributed by atoms with E-state index in [0.717, 1.165) is 38.5 Å². The fourth-order valence-electron chi connectivity index (χ4n) is 5.44. The lowest BCUT2D eigenvalue weighted by atomic mass is 9.68. The first kappa shape index (κ1) is 26.4. The second-order valence-electron chi connectivity index (χ2n) is 9.40. The van der Waals surface area contributed by atoms with E-state index in [0.29, 0.717) is 6.54 Å². The molecular weight excluding hydrogens is 406 g/mol. The van der Waals surface area contributed by atoms with Crippen molar-refractivity contribution in [3.63, 3.8) is 0 Å². The number of likely N-dealkylation sites (tertiary alicyclic amines) is 1. The summed E-state index contributed by atoms with van der Waals surface area (Å²) in [4.78, 5) is 41.8. The number of fused-ring (bicyclic) bond motifs is 1. The number of allylic oxidation sites excluding steroid dienone is 1. The van der Waals surface area contributed by atoms with Crippen LogP contribution in [0.4, 0.5) is 0 Å². The van der Waals surface area contributed by atoms with Crippen molar-refractivity contribution in [2.45, 2.75) is 78.3 Å². The molecule has 32 heavy (non-hydrogen) atoms. The molecule has 2 rings (SSSR count). The van der Waals surface area contributed by atoms with Gasteiger partial charge in [-0.25, -0.2) is 0 Å². The normalized spacial score (nSPS) is 28.9. The minimum atomic E-state index is -0.703. The van der Waals surface area contributed by atoms with Gasteiger partial charge >= 0.3 is 0 Å². The van der Waals surface area contributed by atoms with Gasteiger partial charge in [0.1, 0.15) is 6.04 Å². The van der Waals surface area contributed by atoms with Crippen molar-refractivity contribution in [1.82, 2.24) is 15.5 Å². The van der Waals surface area contributed by atoms with Gasteiger partial charge in [0.25, 0.3) is 0 Å². The lowest BCUT2D eigenvalue weighted by Gasteiger charge is -2.36. The number of carbonyl (C=O) groups is 3. The van der Waals surface area contributed by atoms with Crippen LogP contribution in [0.3, 0.4) is 0 Å². The van der Waals surface area contributed by atoms with Crippen LogP contribution in [-0.4, -0.2) is 60.0 Å². The lowest BCUT2D eigenvalue weighted by molar-refractivity contribution is -0.144. The minimum absolute atomic E-state index is 0.0328. The van der Waals surface area contributed by atoms with Gasteiger partial charge in [0.2, 0.25) is 17.7 Å². The average Bonchev–Trinajstić information content (AvgIpc) is 3.09. The monoisotopic (exact) mass is 449 g/mol. The molecule has 1 aliphatic heterocycles. The Kier molecular flexibility index (Phi) is 10.2. The molecule has 3 amide bonds. The summed E-state index contributed by atoms with van der Waals surface area (Å²) in [5, 5.41) is 16.0. The van der Waals surface area contributed by atoms with Crippen LogP contribution >= 0.6 is 0 Å². The quantitative estimate of drug-likeness (QED) is 0.315. The summed E-state index contributed by atoms with van der Waals surface area (Å²) in [6.07, 6.45) is 9.51. The van der Waals surface area contributed by atoms with E-state index in [2.05, 4.69) is 24.5 Å². The Labute approximate surface area is 193 Å². The summed E-state index contributed by atoms with van der Waals surface area (Å²) in [5.74, 6) is -1.96. The number of unbranched alkanes of at least 4 members (excludes halogenated alkanes) is 2. The molecule has 7 nitrogen and oxygen atoms in total. The van der Waals surface area contributed by atoms with Gasteiger partial charge in [0.15, 0.2) is 0 Å². The highest BCUT2D eigenvalue weighted by atomic mass is 16.3. The maximum atomic E-state index is 13.9. The summed E-state index contributed by atoms with van der Waals surface area (Å²) in [6, 6.07) is -1.15. The highest BCUT2D eigenvalue weighted by molar-refractivity contribution is 5.97. The molecule has 0 aromatic rings. The van der Waals surface area contributed by atoms with Crippen LogP contribution in [-0.2, 0) is 14.4 Å². The molecule has 0 aromatic carbocycles. The molecule has 7 atom stereocenters. The highest BCUT2D eigenvalue weighted by Gasteiger charge is 2.58. The number of rotatable bonds is 12. The molecule has 1 heterocycles. The molecule has 0 unspecified atom stereocenters. The summed E-state index contributed by atoms with van der Waals surface area (Å²) < 4.78 is 0. The van der Waals surface area contributed by atoms with Gasteiger partial charge in [-0.3, -0.25) is 14.4 Å². The van der Waals surface area contributed by atoms with Crippen LogP contribution < -0.4 is 10.6 Å². The average molecular weight is 450 g/mol. The fourth-order valence-corrected chi connectivity index (χ4v) is 5.44. The van der Waals surface area contributed by atoms with Crippen molar-refractivity contribution >= 4 is 17.7 Å². The van der Waals surface area contributed by atoms with Gasteiger partial charge < -0.3 is 20.6 Å². The summed E-state index contributed by atoms with van der Waals surface area (Å²) in [7, 11) is 1.60. The number of carbonyl (C=O) groups excluding carboxylic acids is 3. The summed E-state index contributed by atoms with van der Waals surface area (Å²) >= 11 is 0. The highest BCUT2D eigenvalue weighted by Crippen LogP contribution is 2.46. The van der Waals surface area contributed by atoms with Gasteiger partial charge in [-0.2, -0.15) is 0 Å². The van der Waals surface area contributed by atoms with Crippen LogP contribution in [0.5, 0.6) is 0 Å². The zero-order valence-corrected chi connectivity index (χ0v) is 20.5. The Morgan fingerprint density at radius 3 is 2.41 bits per heavy atom. The van der Waals surface area contributed by atoms with E-state index in [9.17, 15) is 19.5 Å². The number of hydrogen-bond donors (Lipinski definition) is 3. The Morgan fingerprint density at radius 1 is 1.12 bits per heavy atom. The number of nitrogens with one attached hydrogen (secondary N) is 2. The third kappa shape index (κ3) is 5.36. The van der Waals surface area contributed by atoms with Crippen LogP contribution in [0.1, 0.15) is 66.2 Å². The molecule has 1 fully saturated rings. The van der Waals surface area contributed by atoms with E-state index in [1.165, 1.54) is 0 Å². The van der Waals surface area contributed by atoms with Crippen LogP contribution in [0.2, 0.25) is 0 Å². The Bertz CT molecular complexity index is 680. The second-order valence-corrected chi connectivity index (χ2v) is 9.40. The van der Waals surface area contributed by atoms with Gasteiger partial charge in [-0.05, 0) is 24.7 Å². The Morgan fingerprint density at radius 2 is 1.84 bits per heavy atom. The van der Waals surface area contributed by atoms with E-state index >= 15 is 0 Å². The maximum Gasteiger partial charge on any atom is 0.243 e. The molecule has 1 aliphatic carbocycles. The largest absolute Gasteiger partial charge is 0.394 e. The first-order valence-corrected chi connectivity index (χ1v) is 12.5. The van der Waals surface area contributed by atoms with Gasteiger partial charge in [-0.15, -0.1) is 0 Å². The van der Waals surface area contributed by atoms with Crippen molar-refractivity contribution in [1.29, 1.82) is 0 Å². The molecule has 0 aromatic heterocycles. The van der Waals surface area contributed by atoms with Crippen molar-refractivity contribution in [3.05, 3.63) is 12.2 Å². The molecule has 182 valence electrons. The van der Waals surface area contributed by atoms with E-state index in [1.54, 1.807) is 11.9 Å². The predicted molar refractivity (Wildman–Crippen MR) is 126 cm³/mol. The zero-order valence-electron chi connectivity index (χ0n) is 20.5. The van der Waals surface area contributed by atoms with Crippen molar-refractivity contribution in [2.24, 2.45) is 29.6 Å². The van der Waals surface area contributed by atoms with Crippen LogP contribution in [0.25, 0.3) is 0 Å². The van der Waals surface area contributed by atoms with E-state index in [-0.39, 0.29) is 42.1 Å². The first-order valence-electron chi connectivity index (χ1n) is 12.5. The van der Waals surface area contributed by atoms with Crippen molar-refractivity contribution in [2.75, 3.05) is 20.2 Å². The van der Waals surface area contributed by atoms with Crippen LogP contribution in [0.15, 0.2) is 12.2 Å². The summed E-state index contributed by atoms with van der Waals surface area (Å²) in [5.41, 5.74) is 0.